The summed E-state index contributed by atoms with van der Waals surface area (Å²) < 4.78 is 0. The van der Waals surface area contributed by atoms with E-state index in [1.807, 2.05) is 0 Å². The molecule has 1 spiro atoms. The van der Waals surface area contributed by atoms with Crippen molar-refractivity contribution >= 4 is 58.4 Å². The number of hydrogen-bond acceptors (Lipinski definition) is 7. The second-order valence-electron chi connectivity index (χ2n) is 6.72. The molecule has 2 N–H and O–H groups in total. The van der Waals surface area contributed by atoms with Gasteiger partial charge in [-0.2, -0.15) is 11.8 Å². The van der Waals surface area contributed by atoms with E-state index < -0.39 is 0 Å². The molecule has 4 rings (SSSR count). The number of pyridine rings is 1. The van der Waals surface area contributed by atoms with Crippen LogP contribution in [0.25, 0.3) is 0 Å². The summed E-state index contributed by atoms with van der Waals surface area (Å²) in [5.74, 6) is 3.87. The molecule has 0 amide bonds. The zero-order chi connectivity index (χ0) is 18.1. The summed E-state index contributed by atoms with van der Waals surface area (Å²) in [5, 5.41) is 1.30. The van der Waals surface area contributed by atoms with Crippen LogP contribution < -0.4 is 10.6 Å². The molecule has 9 heteroatoms. The smallest absolute Gasteiger partial charge is 0.158 e. The number of piperidine rings is 1. The van der Waals surface area contributed by atoms with E-state index in [2.05, 4.69) is 31.6 Å². The summed E-state index contributed by atoms with van der Waals surface area (Å²) in [6, 6.07) is 1.79. The highest BCUT2D eigenvalue weighted by molar-refractivity contribution is 7.99. The van der Waals surface area contributed by atoms with E-state index in [0.717, 1.165) is 23.8 Å². The normalized spacial score (nSPS) is 19.2. The van der Waals surface area contributed by atoms with Crippen molar-refractivity contribution in [2.24, 2.45) is 5.41 Å². The maximum absolute atomic E-state index is 6.19. The topological polar surface area (TPSA) is 67.9 Å². The molecule has 0 bridgehead atoms. The maximum atomic E-state index is 6.19. The highest BCUT2D eigenvalue weighted by Gasteiger charge is 2.37. The highest BCUT2D eigenvalue weighted by atomic mass is 35.5. The lowest BCUT2D eigenvalue weighted by Crippen LogP contribution is -2.40. The summed E-state index contributed by atoms with van der Waals surface area (Å²) >= 11 is 15.6. The lowest BCUT2D eigenvalue weighted by molar-refractivity contribution is 0.257. The molecule has 26 heavy (non-hydrogen) atoms. The van der Waals surface area contributed by atoms with Crippen LogP contribution >= 0.6 is 46.7 Å². The zero-order valence-corrected chi connectivity index (χ0v) is 17.3. The molecule has 0 aliphatic carbocycles. The van der Waals surface area contributed by atoms with E-state index in [-0.39, 0.29) is 5.15 Å². The number of halogens is 2. The van der Waals surface area contributed by atoms with E-state index in [0.29, 0.717) is 21.3 Å². The van der Waals surface area contributed by atoms with E-state index >= 15 is 0 Å². The van der Waals surface area contributed by atoms with Crippen LogP contribution in [0.5, 0.6) is 0 Å². The van der Waals surface area contributed by atoms with Gasteiger partial charge in [-0.05, 0) is 42.2 Å². The molecule has 2 aromatic rings. The quantitative estimate of drug-likeness (QED) is 0.715. The Hall–Kier alpha value is -0.890. The van der Waals surface area contributed by atoms with Crippen LogP contribution in [0, 0.1) is 5.41 Å². The van der Waals surface area contributed by atoms with Crippen molar-refractivity contribution in [1.82, 2.24) is 15.0 Å². The number of anilines is 2. The fraction of sp³-hybridized carbons (Fsp3) is 0.471. The first-order valence-corrected chi connectivity index (χ1v) is 11.2. The van der Waals surface area contributed by atoms with Crippen LogP contribution in [-0.2, 0) is 0 Å². The molecular weight excluding hydrogens is 409 g/mol. The van der Waals surface area contributed by atoms with Gasteiger partial charge in [0.05, 0.1) is 11.2 Å². The Bertz CT molecular complexity index is 804. The molecule has 0 unspecified atom stereocenters. The average molecular weight is 428 g/mol. The third kappa shape index (κ3) is 3.72. The predicted octanol–water partition coefficient (Wildman–Crippen LogP) is 4.64. The lowest BCUT2D eigenvalue weighted by atomic mass is 9.78. The number of nitrogens with two attached hydrogens (primary N) is 1. The molecule has 0 aromatic carbocycles. The SMILES string of the molecule is Nc1nc(N2CCC3(CCSC3)CC2)cnc1Sc1ccnc(Cl)c1Cl. The largest absolute Gasteiger partial charge is 0.381 e. The van der Waals surface area contributed by atoms with Crippen LogP contribution in [-0.4, -0.2) is 39.5 Å². The van der Waals surface area contributed by atoms with Gasteiger partial charge in [0, 0.05) is 24.2 Å². The molecule has 0 atom stereocenters. The van der Waals surface area contributed by atoms with E-state index in [9.17, 15) is 0 Å². The molecule has 2 saturated heterocycles. The zero-order valence-electron chi connectivity index (χ0n) is 14.1. The molecule has 2 aliphatic rings. The first-order chi connectivity index (χ1) is 12.6. The molecular formula is C17H19Cl2N5S2. The molecule has 4 heterocycles. The maximum Gasteiger partial charge on any atom is 0.158 e. The lowest BCUT2D eigenvalue weighted by Gasteiger charge is -2.39. The van der Waals surface area contributed by atoms with Crippen molar-refractivity contribution in [3.05, 3.63) is 28.6 Å². The number of nitrogen functional groups attached to an aromatic ring is 1. The number of thioether (sulfide) groups is 1. The fourth-order valence-electron chi connectivity index (χ4n) is 3.45. The van der Waals surface area contributed by atoms with E-state index in [4.69, 9.17) is 28.9 Å². The highest BCUT2D eigenvalue weighted by Crippen LogP contribution is 2.45. The Balaban J connectivity index is 1.47. The Morgan fingerprint density at radius 2 is 2.00 bits per heavy atom. The molecule has 138 valence electrons. The van der Waals surface area contributed by atoms with Crippen molar-refractivity contribution in [2.75, 3.05) is 35.2 Å². The fourth-order valence-corrected chi connectivity index (χ4v) is 6.26. The van der Waals surface area contributed by atoms with Crippen molar-refractivity contribution in [3.63, 3.8) is 0 Å². The number of rotatable bonds is 3. The van der Waals surface area contributed by atoms with Crippen LogP contribution in [0.15, 0.2) is 28.4 Å². The van der Waals surface area contributed by atoms with Crippen LogP contribution in [0.2, 0.25) is 10.2 Å². The van der Waals surface area contributed by atoms with E-state index in [1.54, 1.807) is 18.5 Å². The summed E-state index contributed by atoms with van der Waals surface area (Å²) in [5.41, 5.74) is 6.71. The first kappa shape index (κ1) is 18.5. The molecule has 2 aromatic heterocycles. The third-order valence-corrected chi connectivity index (χ3v) is 8.36. The van der Waals surface area contributed by atoms with Gasteiger partial charge in [-0.1, -0.05) is 35.0 Å². The number of hydrogen-bond donors (Lipinski definition) is 1. The van der Waals surface area contributed by atoms with Gasteiger partial charge in [0.25, 0.3) is 0 Å². The number of nitrogens with zero attached hydrogens (tertiary/aromatic N) is 4. The van der Waals surface area contributed by atoms with Crippen LogP contribution in [0.3, 0.4) is 0 Å². The minimum Gasteiger partial charge on any atom is -0.381 e. The van der Waals surface area contributed by atoms with Gasteiger partial charge in [-0.25, -0.2) is 15.0 Å². The van der Waals surface area contributed by atoms with Gasteiger partial charge in [-0.15, -0.1) is 0 Å². The van der Waals surface area contributed by atoms with Crippen LogP contribution in [0.4, 0.5) is 11.6 Å². The Kier molecular flexibility index (Phi) is 5.41. The Labute approximate surface area is 171 Å². The number of aromatic nitrogens is 3. The van der Waals surface area contributed by atoms with Crippen molar-refractivity contribution in [2.45, 2.75) is 29.2 Å². The molecule has 0 radical (unpaired) electrons. The Morgan fingerprint density at radius 3 is 2.69 bits per heavy atom. The summed E-state index contributed by atoms with van der Waals surface area (Å²) in [6.45, 7) is 2.04. The van der Waals surface area contributed by atoms with E-state index in [1.165, 1.54) is 42.5 Å². The van der Waals surface area contributed by atoms with Crippen LogP contribution in [0.1, 0.15) is 19.3 Å². The second-order valence-corrected chi connectivity index (χ2v) is 9.60. The molecule has 2 aliphatic heterocycles. The van der Waals surface area contributed by atoms with Gasteiger partial charge >= 0.3 is 0 Å². The first-order valence-electron chi connectivity index (χ1n) is 8.49. The monoisotopic (exact) mass is 427 g/mol. The summed E-state index contributed by atoms with van der Waals surface area (Å²) in [4.78, 5) is 16.1. The molecule has 0 saturated carbocycles. The Morgan fingerprint density at radius 1 is 1.19 bits per heavy atom. The summed E-state index contributed by atoms with van der Waals surface area (Å²) in [6.07, 6.45) is 7.22. The molecule has 5 nitrogen and oxygen atoms in total. The molecule has 2 fully saturated rings. The van der Waals surface area contributed by atoms with Crippen molar-refractivity contribution in [3.8, 4) is 0 Å². The van der Waals surface area contributed by atoms with Gasteiger partial charge in [0.15, 0.2) is 5.82 Å². The third-order valence-electron chi connectivity index (χ3n) is 5.10. The van der Waals surface area contributed by atoms with Gasteiger partial charge < -0.3 is 10.6 Å². The standard InChI is InChI=1S/C17H19Cl2N5S2/c18-13-11(1-5-21-14(13)19)26-16-15(20)23-12(9-22-16)24-6-2-17(3-7-24)4-8-25-10-17/h1,5,9H,2-4,6-8,10H2,(H2,20,23). The minimum atomic E-state index is 0.270. The van der Waals surface area contributed by atoms with Gasteiger partial charge in [0.2, 0.25) is 0 Å². The minimum absolute atomic E-state index is 0.270. The van der Waals surface area contributed by atoms with Crippen molar-refractivity contribution < 1.29 is 0 Å². The second kappa shape index (κ2) is 7.62. The van der Waals surface area contributed by atoms with Gasteiger partial charge in [-0.3, -0.25) is 0 Å². The summed E-state index contributed by atoms with van der Waals surface area (Å²) in [7, 11) is 0. The van der Waals surface area contributed by atoms with Gasteiger partial charge in [0.1, 0.15) is 16.0 Å². The van der Waals surface area contributed by atoms with Crippen molar-refractivity contribution in [1.29, 1.82) is 0 Å². The predicted molar refractivity (Wildman–Crippen MR) is 111 cm³/mol. The average Bonchev–Trinajstić information content (AvgIpc) is 3.09.